The third kappa shape index (κ3) is 9.53. The quantitative estimate of drug-likeness (QED) is 0.0535. The fourth-order valence-electron chi connectivity index (χ4n) is 13.7. The number of H-pyrrole nitrogens is 2. The van der Waals surface area contributed by atoms with Gasteiger partial charge in [-0.25, -0.2) is 0 Å². The van der Waals surface area contributed by atoms with Crippen molar-refractivity contribution in [2.75, 3.05) is 25.5 Å². The largest absolute Gasteiger partial charge is 0.507 e. The highest BCUT2D eigenvalue weighted by Gasteiger charge is 2.49. The van der Waals surface area contributed by atoms with Crippen molar-refractivity contribution < 1.29 is 39.9 Å². The lowest BCUT2D eigenvalue weighted by Crippen LogP contribution is -2.45. The van der Waals surface area contributed by atoms with E-state index in [2.05, 4.69) is 56.7 Å². The molecule has 0 unspecified atom stereocenters. The minimum absolute atomic E-state index is 0.00158. The fourth-order valence-corrected chi connectivity index (χ4v) is 13.7. The zero-order valence-electron chi connectivity index (χ0n) is 42.4. The van der Waals surface area contributed by atoms with Gasteiger partial charge in [0, 0.05) is 78.9 Å². The Bertz CT molecular complexity index is 3050. The van der Waals surface area contributed by atoms with Gasteiger partial charge < -0.3 is 50.9 Å². The average molecular weight is 999 g/mol. The highest BCUT2D eigenvalue weighted by molar-refractivity contribution is 6.05. The van der Waals surface area contributed by atoms with E-state index in [0.29, 0.717) is 54.7 Å². The first-order valence-corrected chi connectivity index (χ1v) is 27.1. The van der Waals surface area contributed by atoms with Gasteiger partial charge in [0.05, 0.1) is 29.6 Å². The van der Waals surface area contributed by atoms with Crippen molar-refractivity contribution in [1.29, 1.82) is 0 Å². The Kier molecular flexibility index (Phi) is 14.0. The van der Waals surface area contributed by atoms with Crippen LogP contribution in [0.3, 0.4) is 0 Å². The van der Waals surface area contributed by atoms with Crippen LogP contribution in [0, 0.1) is 29.6 Å². The maximum Gasteiger partial charge on any atom is 0.161 e. The number of ketones is 2. The average Bonchev–Trinajstić information content (AvgIpc) is 4.25. The zero-order valence-corrected chi connectivity index (χ0v) is 42.4. The van der Waals surface area contributed by atoms with Crippen molar-refractivity contribution in [3.63, 3.8) is 0 Å². The monoisotopic (exact) mass is 999 g/mol. The summed E-state index contributed by atoms with van der Waals surface area (Å²) >= 11 is 0. The van der Waals surface area contributed by atoms with Crippen LogP contribution >= 0.6 is 0 Å². The molecule has 4 heterocycles. The lowest BCUT2D eigenvalue weighted by molar-refractivity contribution is -0.135. The number of aryl methyl sites for hydroxylation is 2. The van der Waals surface area contributed by atoms with Gasteiger partial charge >= 0.3 is 0 Å². The van der Waals surface area contributed by atoms with Crippen LogP contribution in [0.25, 0.3) is 12.2 Å². The number of aromatic amines is 2. The number of benzene rings is 3. The summed E-state index contributed by atoms with van der Waals surface area (Å²) in [6.07, 6.45) is 17.7. The molecular formula is C62H70N4O8. The van der Waals surface area contributed by atoms with Crippen LogP contribution in [0.5, 0.6) is 17.2 Å². The van der Waals surface area contributed by atoms with E-state index in [-0.39, 0.29) is 54.9 Å². The van der Waals surface area contributed by atoms with Crippen molar-refractivity contribution in [1.82, 2.24) is 15.3 Å². The van der Waals surface area contributed by atoms with E-state index < -0.39 is 53.4 Å². The number of aromatic nitrogens is 2. The van der Waals surface area contributed by atoms with Crippen LogP contribution in [0.1, 0.15) is 139 Å². The van der Waals surface area contributed by atoms with E-state index in [0.717, 1.165) is 102 Å². The molecule has 386 valence electrons. The summed E-state index contributed by atoms with van der Waals surface area (Å²) in [6, 6.07) is 19.0. The van der Waals surface area contributed by atoms with Gasteiger partial charge in [-0.05, 0) is 153 Å². The Hall–Kier alpha value is -6.36. The molecule has 4 aliphatic carbocycles. The molecule has 2 fully saturated rings. The molecule has 0 amide bonds. The lowest BCUT2D eigenvalue weighted by Gasteiger charge is -2.40. The minimum Gasteiger partial charge on any atom is -0.507 e. The molecule has 1 spiro atoms. The Morgan fingerprint density at radius 3 is 2.46 bits per heavy atom. The number of ether oxygens (including phenoxy) is 1. The first-order valence-electron chi connectivity index (χ1n) is 27.1. The molecule has 3 aromatic carbocycles. The third-order valence-electron chi connectivity index (χ3n) is 17.6. The van der Waals surface area contributed by atoms with E-state index in [1.54, 1.807) is 24.3 Å². The van der Waals surface area contributed by atoms with Crippen molar-refractivity contribution in [3.8, 4) is 29.1 Å². The van der Waals surface area contributed by atoms with Gasteiger partial charge in [-0.15, -0.1) is 0 Å². The highest BCUT2D eigenvalue weighted by atomic mass is 16.5. The number of phenolic OH excluding ortho intramolecular Hbond substituents is 2. The molecule has 2 aliphatic heterocycles. The molecule has 0 radical (unpaired) electrons. The number of aliphatic hydroxyl groups is 3. The van der Waals surface area contributed by atoms with Crippen molar-refractivity contribution in [2.24, 2.45) is 17.8 Å². The van der Waals surface area contributed by atoms with Gasteiger partial charge in [-0.3, -0.25) is 9.59 Å². The van der Waals surface area contributed by atoms with Gasteiger partial charge in [0.25, 0.3) is 0 Å². The number of carbonyl (C=O) groups is 2. The number of Topliss-reactive ketones (excluding diaryl/α,β-unsaturated/α-hetero) is 2. The summed E-state index contributed by atoms with van der Waals surface area (Å²) in [5, 5.41) is 66.7. The predicted molar refractivity (Wildman–Crippen MR) is 286 cm³/mol. The molecule has 0 saturated heterocycles. The molecule has 12 heteroatoms. The van der Waals surface area contributed by atoms with Crippen molar-refractivity contribution in [2.45, 2.75) is 138 Å². The molecular weight excluding hydrogens is 929 g/mol. The van der Waals surface area contributed by atoms with Gasteiger partial charge in [-0.2, -0.15) is 0 Å². The molecule has 11 rings (SSSR count). The Morgan fingerprint density at radius 2 is 1.65 bits per heavy atom. The number of aromatic hydroxyl groups is 2. The second kappa shape index (κ2) is 20.7. The molecule has 5 aromatic rings. The van der Waals surface area contributed by atoms with Crippen LogP contribution in [-0.2, 0) is 40.7 Å². The minimum atomic E-state index is -1.44. The van der Waals surface area contributed by atoms with Crippen molar-refractivity contribution >= 4 is 29.5 Å². The van der Waals surface area contributed by atoms with Gasteiger partial charge in [0.1, 0.15) is 23.4 Å². The second-order valence-corrected chi connectivity index (χ2v) is 22.2. The number of aliphatic hydroxyl groups excluding tert-OH is 2. The number of hydrogen-bond acceptors (Lipinski definition) is 10. The first-order chi connectivity index (χ1) is 35.9. The van der Waals surface area contributed by atoms with Gasteiger partial charge in [0.15, 0.2) is 17.3 Å². The normalized spacial score (nSPS) is 26.6. The number of hydrogen-bond donors (Lipinski definition) is 9. The summed E-state index contributed by atoms with van der Waals surface area (Å²) < 4.78 is 6.56. The zero-order chi connectivity index (χ0) is 51.1. The smallest absolute Gasteiger partial charge is 0.161 e. The standard InChI is InChI=1S/C62H70N4O8/c1-63-36-41-13-15-51-48-34-52-46(20-27-64-52)49(35-61(73)24-17-39-7-6-10-53(68)45(39)18-25-61)56(48)58(71)47(21-28-67)54(69)16-12-38-31-43(57(70)55(32-38)74-44-8-2-3-9-44)30-37-11-14-50(62(59(41)72)22-4-5-23-62)42(29-37)33-40-19-26-65-60(40)66-51/h6-7,10-11,14,18-20,25-27,29,31-32,34,41,44,47,49,51,56,59,63-68,70,72-73H,2-5,8-9,12,16-17,21-24,28,30,33,35-36H2,1H3/t41-,47-,49-,51-,56-,59-,61-/m0/s1. The molecule has 2 saturated carbocycles. The number of fused-ring (bicyclic) bond motifs is 9. The number of anilines is 1. The maximum atomic E-state index is 16.1. The molecule has 2 aromatic heterocycles. The van der Waals surface area contributed by atoms with E-state index >= 15 is 9.59 Å². The summed E-state index contributed by atoms with van der Waals surface area (Å²) in [6.45, 7) is 0.00412. The maximum absolute atomic E-state index is 16.1. The SMILES string of the molecule is CNC[C@@H]1C#C[C@@H]2Nc3[nH]ccc3Cc3cc(ccc3C3(CCCC3)[C@H]1O)Cc1cc(cc(OC3CCCC3)c1O)CCC(=O)[C@H](CCO)C(=O)[C@H]1C2=Cc2[nH]ccc2[C@@H]1C[C@@]1(O)C=Cc2c(O)cccc2CC1. The number of nitrogens with one attached hydrogen (secondary N) is 4. The van der Waals surface area contributed by atoms with Crippen LogP contribution in [-0.4, -0.2) is 91.1 Å². The summed E-state index contributed by atoms with van der Waals surface area (Å²) in [7, 11) is 1.87. The Balaban J connectivity index is 1.11. The van der Waals surface area contributed by atoms with E-state index in [1.807, 2.05) is 49.8 Å². The van der Waals surface area contributed by atoms with E-state index in [4.69, 9.17) is 4.74 Å². The summed E-state index contributed by atoms with van der Waals surface area (Å²) in [4.78, 5) is 38.1. The van der Waals surface area contributed by atoms with Crippen molar-refractivity contribution in [3.05, 3.63) is 140 Å². The molecule has 7 atom stereocenters. The number of phenols is 2. The highest BCUT2D eigenvalue weighted by Crippen LogP contribution is 2.51. The Labute approximate surface area is 433 Å². The van der Waals surface area contributed by atoms with Crippen LogP contribution in [0.4, 0.5) is 5.82 Å². The number of rotatable bonds is 8. The molecule has 74 heavy (non-hydrogen) atoms. The second-order valence-electron chi connectivity index (χ2n) is 22.2. The van der Waals surface area contributed by atoms with Crippen LogP contribution in [0.2, 0.25) is 0 Å². The van der Waals surface area contributed by atoms with Crippen LogP contribution < -0.4 is 15.4 Å². The van der Waals surface area contributed by atoms with E-state index in [1.165, 1.54) is 0 Å². The first kappa shape index (κ1) is 49.8. The molecule has 6 aliphatic rings. The third-order valence-corrected chi connectivity index (χ3v) is 17.6. The topological polar surface area (TPSA) is 200 Å². The number of carbonyl (C=O) groups excluding carboxylic acids is 2. The summed E-state index contributed by atoms with van der Waals surface area (Å²) in [5.74, 6) is 4.46. The Morgan fingerprint density at radius 1 is 0.838 bits per heavy atom. The predicted octanol–water partition coefficient (Wildman–Crippen LogP) is 8.72. The van der Waals surface area contributed by atoms with Gasteiger partial charge in [0.2, 0.25) is 0 Å². The molecule has 5 bridgehead atoms. The molecule has 12 nitrogen and oxygen atoms in total. The van der Waals surface area contributed by atoms with E-state index in [9.17, 15) is 25.5 Å². The van der Waals surface area contributed by atoms with Crippen LogP contribution in [0.15, 0.2) is 84.7 Å². The summed E-state index contributed by atoms with van der Waals surface area (Å²) in [5.41, 5.74) is 7.32. The molecule has 9 N–H and O–H groups in total. The van der Waals surface area contributed by atoms with Gasteiger partial charge in [-0.1, -0.05) is 73.2 Å². The fraction of sp³-hybridized carbons (Fsp3) is 0.452. The lowest BCUT2D eigenvalue weighted by atomic mass is 9.65.